The van der Waals surface area contributed by atoms with Crippen molar-refractivity contribution in [2.45, 2.75) is 122 Å². The SMILES string of the molecule is C=CCNC(=O)C(=O)C(CC1CC1)NC(=O)[C@@H]1C(=C)C(C(C)C)CN1C(=O)[C@@H](NC(=O)[C@@H](NS(=O)(=O)c1nn[nH]n1)C1(C)CCCCC1)C(C)(C)C. The summed E-state index contributed by atoms with van der Waals surface area (Å²) in [5.74, 6) is -3.63. The van der Waals surface area contributed by atoms with Gasteiger partial charge in [0, 0.05) is 19.0 Å². The molecular weight excluding hydrogens is 691 g/mol. The van der Waals surface area contributed by atoms with Crippen molar-refractivity contribution in [3.8, 4) is 0 Å². The number of rotatable bonds is 16. The lowest BCUT2D eigenvalue weighted by Gasteiger charge is -2.41. The van der Waals surface area contributed by atoms with Crippen LogP contribution < -0.4 is 20.7 Å². The first-order chi connectivity index (χ1) is 24.3. The zero-order chi connectivity index (χ0) is 38.6. The van der Waals surface area contributed by atoms with E-state index < -0.39 is 79.6 Å². The predicted octanol–water partition coefficient (Wildman–Crippen LogP) is 1.54. The lowest BCUT2D eigenvalue weighted by atomic mass is 9.70. The highest BCUT2D eigenvalue weighted by atomic mass is 32.2. The van der Waals surface area contributed by atoms with Crippen LogP contribution in [0.1, 0.15) is 92.9 Å². The van der Waals surface area contributed by atoms with Crippen LogP contribution in [0.2, 0.25) is 0 Å². The van der Waals surface area contributed by atoms with Gasteiger partial charge in [-0.1, -0.05) is 91.4 Å². The van der Waals surface area contributed by atoms with E-state index >= 15 is 0 Å². The first kappa shape index (κ1) is 40.8. The Morgan fingerprint density at radius 1 is 1.08 bits per heavy atom. The molecule has 3 fully saturated rings. The molecule has 0 bridgehead atoms. The Hall–Kier alpha value is -3.99. The average Bonchev–Trinajstić information content (AvgIpc) is 3.55. The van der Waals surface area contributed by atoms with Crippen LogP contribution in [0.3, 0.4) is 0 Å². The van der Waals surface area contributed by atoms with Crippen molar-refractivity contribution in [3.05, 3.63) is 24.8 Å². The number of nitrogens with zero attached hydrogens (tertiary/aromatic N) is 4. The van der Waals surface area contributed by atoms with Crippen molar-refractivity contribution in [1.29, 1.82) is 0 Å². The quantitative estimate of drug-likeness (QED) is 0.121. The Labute approximate surface area is 306 Å². The van der Waals surface area contributed by atoms with Crippen molar-refractivity contribution >= 4 is 39.4 Å². The van der Waals surface area contributed by atoms with E-state index in [1.165, 1.54) is 11.0 Å². The molecule has 1 aliphatic heterocycles. The number of aromatic nitrogens is 4. The summed E-state index contributed by atoms with van der Waals surface area (Å²) in [6.45, 7) is 19.0. The third-order valence-electron chi connectivity index (χ3n) is 10.6. The van der Waals surface area contributed by atoms with Gasteiger partial charge in [0.25, 0.3) is 15.9 Å². The minimum atomic E-state index is -4.38. The fraction of sp³-hybridized carbons (Fsp3) is 0.714. The molecule has 2 unspecified atom stereocenters. The van der Waals surface area contributed by atoms with Gasteiger partial charge in [-0.15, -0.1) is 11.7 Å². The van der Waals surface area contributed by atoms with Crippen molar-refractivity contribution in [2.24, 2.45) is 28.6 Å². The van der Waals surface area contributed by atoms with Crippen molar-refractivity contribution in [1.82, 2.24) is 46.2 Å². The molecule has 5 atom stereocenters. The number of amides is 4. The number of Topliss-reactive ketones (excluding diaryl/α,β-unsaturated/α-hetero) is 1. The van der Waals surface area contributed by atoms with Crippen LogP contribution in [-0.4, -0.2) is 101 Å². The highest BCUT2D eigenvalue weighted by Crippen LogP contribution is 2.40. The van der Waals surface area contributed by atoms with Crippen LogP contribution in [0.5, 0.6) is 0 Å². The van der Waals surface area contributed by atoms with Crippen LogP contribution in [0.15, 0.2) is 30.0 Å². The van der Waals surface area contributed by atoms with Crippen LogP contribution in [0, 0.1) is 28.6 Å². The topological polar surface area (TPSA) is 225 Å². The van der Waals surface area contributed by atoms with Gasteiger partial charge in [-0.25, -0.2) is 8.42 Å². The number of nitrogens with one attached hydrogen (secondary N) is 5. The average molecular weight is 746 g/mol. The van der Waals surface area contributed by atoms with E-state index in [9.17, 15) is 32.4 Å². The van der Waals surface area contributed by atoms with E-state index in [1.807, 2.05) is 20.8 Å². The molecule has 4 amide bonds. The fourth-order valence-corrected chi connectivity index (χ4v) is 8.37. The highest BCUT2D eigenvalue weighted by molar-refractivity contribution is 7.89. The molecule has 288 valence electrons. The van der Waals surface area contributed by atoms with E-state index in [4.69, 9.17) is 0 Å². The maximum Gasteiger partial charge on any atom is 0.303 e. The summed E-state index contributed by atoms with van der Waals surface area (Å²) in [4.78, 5) is 70.5. The molecule has 52 heavy (non-hydrogen) atoms. The van der Waals surface area contributed by atoms with Crippen molar-refractivity contribution < 1.29 is 32.4 Å². The second-order valence-electron chi connectivity index (χ2n) is 16.2. The summed E-state index contributed by atoms with van der Waals surface area (Å²) in [5, 5.41) is 20.1. The molecule has 4 rings (SSSR count). The number of tetrazole rings is 1. The minimum absolute atomic E-state index is 0.00738. The molecular formula is C35H55N9O7S. The molecule has 3 aliphatic rings. The van der Waals surface area contributed by atoms with Gasteiger partial charge in [0.15, 0.2) is 0 Å². The molecule has 17 heteroatoms. The van der Waals surface area contributed by atoms with Gasteiger partial charge in [-0.05, 0) is 52.7 Å². The molecule has 1 aromatic heterocycles. The summed E-state index contributed by atoms with van der Waals surface area (Å²) in [5.41, 5.74) is -1.21. The second kappa shape index (κ2) is 16.4. The Balaban J connectivity index is 1.64. The maximum atomic E-state index is 14.7. The predicted molar refractivity (Wildman–Crippen MR) is 191 cm³/mol. The van der Waals surface area contributed by atoms with Gasteiger partial charge in [0.2, 0.25) is 23.5 Å². The normalized spacial score (nSPS) is 22.3. The summed E-state index contributed by atoms with van der Waals surface area (Å²) in [6.07, 6.45) is 7.12. The summed E-state index contributed by atoms with van der Waals surface area (Å²) in [7, 11) is -4.38. The molecule has 0 radical (unpaired) electrons. The smallest absolute Gasteiger partial charge is 0.303 e. The van der Waals surface area contributed by atoms with Gasteiger partial charge in [-0.3, -0.25) is 24.0 Å². The Kier molecular flexibility index (Phi) is 12.8. The minimum Gasteiger partial charge on any atom is -0.346 e. The number of carbonyl (C=O) groups excluding carboxylic acids is 5. The number of carbonyl (C=O) groups is 5. The zero-order valence-electron chi connectivity index (χ0n) is 31.2. The number of hydrogen-bond donors (Lipinski definition) is 5. The Morgan fingerprint density at radius 3 is 2.27 bits per heavy atom. The molecule has 5 N–H and O–H groups in total. The van der Waals surface area contributed by atoms with Crippen LogP contribution in [0.4, 0.5) is 0 Å². The molecule has 16 nitrogen and oxygen atoms in total. The number of H-pyrrole nitrogens is 1. The number of likely N-dealkylation sites (tertiary alicyclic amines) is 1. The number of ketones is 1. The first-order valence-electron chi connectivity index (χ1n) is 18.1. The molecule has 2 saturated carbocycles. The molecule has 1 aromatic rings. The number of hydrogen-bond acceptors (Lipinski definition) is 10. The van der Waals surface area contributed by atoms with E-state index in [2.05, 4.69) is 54.5 Å². The van der Waals surface area contributed by atoms with Crippen LogP contribution in [-0.2, 0) is 34.0 Å². The number of sulfonamides is 1. The Bertz CT molecular complexity index is 1630. The summed E-state index contributed by atoms with van der Waals surface area (Å²) < 4.78 is 29.1. The van der Waals surface area contributed by atoms with Crippen molar-refractivity contribution in [2.75, 3.05) is 13.1 Å². The summed E-state index contributed by atoms with van der Waals surface area (Å²) in [6, 6.07) is -4.77. The van der Waals surface area contributed by atoms with Gasteiger partial charge < -0.3 is 20.9 Å². The lowest BCUT2D eigenvalue weighted by molar-refractivity contribution is -0.145. The number of aromatic amines is 1. The zero-order valence-corrected chi connectivity index (χ0v) is 32.0. The highest BCUT2D eigenvalue weighted by Gasteiger charge is 2.50. The van der Waals surface area contributed by atoms with Crippen LogP contribution in [0.25, 0.3) is 0 Å². The third-order valence-corrected chi connectivity index (χ3v) is 11.8. The molecule has 0 aromatic carbocycles. The van der Waals surface area contributed by atoms with Gasteiger partial charge in [-0.2, -0.15) is 9.94 Å². The first-order valence-corrected chi connectivity index (χ1v) is 19.6. The lowest BCUT2D eigenvalue weighted by Crippen LogP contribution is -2.63. The molecule has 2 heterocycles. The summed E-state index contributed by atoms with van der Waals surface area (Å²) >= 11 is 0. The largest absolute Gasteiger partial charge is 0.346 e. The van der Waals surface area contributed by atoms with Crippen LogP contribution >= 0.6 is 0 Å². The molecule has 1 saturated heterocycles. The molecule has 2 aliphatic carbocycles. The van der Waals surface area contributed by atoms with E-state index in [-0.39, 0.29) is 37.3 Å². The monoisotopic (exact) mass is 745 g/mol. The second-order valence-corrected chi connectivity index (χ2v) is 17.8. The van der Waals surface area contributed by atoms with Gasteiger partial charge >= 0.3 is 5.16 Å². The fourth-order valence-electron chi connectivity index (χ4n) is 7.26. The van der Waals surface area contributed by atoms with Crippen molar-refractivity contribution in [3.63, 3.8) is 0 Å². The van der Waals surface area contributed by atoms with E-state index in [1.54, 1.807) is 20.8 Å². The van der Waals surface area contributed by atoms with E-state index in [0.717, 1.165) is 32.1 Å². The standard InChI is InChI=1S/C35H55N9O7S/c1-9-17-36-30(47)26(45)24(18-22-13-14-22)37-29(46)25-21(4)23(20(2)3)19-44(25)32(49)28(34(5,6)7)38-31(48)27(35(8)15-11-10-12-16-35)41-52(50,51)33-39-42-43-40-33/h9,20,22-25,27-28,41H,1,4,10-19H2,2-3,5-8H3,(H,36,47)(H,37,46)(H,38,48)(H,39,40,42,43)/t23?,24?,25-,27+,28+/m0/s1. The van der Waals surface area contributed by atoms with Gasteiger partial charge in [0.05, 0.1) is 6.04 Å². The van der Waals surface area contributed by atoms with Gasteiger partial charge in [0.1, 0.15) is 18.1 Å². The third kappa shape index (κ3) is 9.51. The maximum absolute atomic E-state index is 14.7. The molecule has 0 spiro atoms. The Morgan fingerprint density at radius 2 is 1.73 bits per heavy atom. The van der Waals surface area contributed by atoms with E-state index in [0.29, 0.717) is 18.4 Å².